The van der Waals surface area contributed by atoms with Gasteiger partial charge < -0.3 is 15.1 Å². The molecular formula is C20H33IN4. The molecule has 25 heavy (non-hydrogen) atoms. The van der Waals surface area contributed by atoms with Gasteiger partial charge in [0.05, 0.1) is 0 Å². The lowest BCUT2D eigenvalue weighted by Gasteiger charge is -2.33. The summed E-state index contributed by atoms with van der Waals surface area (Å²) in [6.45, 7) is 9.18. The number of nitrogens with zero attached hydrogens (tertiary/aromatic N) is 3. The maximum Gasteiger partial charge on any atom is 0.193 e. The largest absolute Gasteiger partial charge is 0.356 e. The van der Waals surface area contributed by atoms with Crippen molar-refractivity contribution >= 4 is 29.9 Å². The van der Waals surface area contributed by atoms with Crippen LogP contribution in [-0.4, -0.2) is 62.1 Å². The molecule has 0 bridgehead atoms. The highest BCUT2D eigenvalue weighted by molar-refractivity contribution is 14.0. The van der Waals surface area contributed by atoms with Crippen LogP contribution in [-0.2, 0) is 0 Å². The van der Waals surface area contributed by atoms with Crippen LogP contribution in [0.4, 0.5) is 0 Å². The summed E-state index contributed by atoms with van der Waals surface area (Å²) < 4.78 is 0. The lowest BCUT2D eigenvalue weighted by atomic mass is 9.98. The lowest BCUT2D eigenvalue weighted by molar-refractivity contribution is 0.183. The molecular weight excluding hydrogens is 423 g/mol. The Hall–Kier alpha value is -0.820. The minimum atomic E-state index is 0. The highest BCUT2D eigenvalue weighted by atomic mass is 127. The average Bonchev–Trinajstić information content (AvgIpc) is 3.13. The Labute approximate surface area is 170 Å². The molecule has 3 rings (SSSR count). The highest BCUT2D eigenvalue weighted by Crippen LogP contribution is 2.27. The van der Waals surface area contributed by atoms with Crippen LogP contribution in [0, 0.1) is 5.92 Å². The average molecular weight is 456 g/mol. The molecule has 1 aromatic rings. The molecule has 0 aliphatic carbocycles. The molecule has 2 heterocycles. The van der Waals surface area contributed by atoms with Crippen molar-refractivity contribution in [2.24, 2.45) is 10.9 Å². The summed E-state index contributed by atoms with van der Waals surface area (Å²) in [4.78, 5) is 9.54. The SMILES string of the molecule is CCN1CCCC(CNC(=NC)N2CCC(c3ccccc3)C2)C1.I. The third-order valence-corrected chi connectivity index (χ3v) is 5.57. The number of guanidine groups is 1. The Morgan fingerprint density at radius 2 is 1.96 bits per heavy atom. The topological polar surface area (TPSA) is 30.9 Å². The van der Waals surface area contributed by atoms with Crippen LogP contribution < -0.4 is 5.32 Å². The molecule has 2 aliphatic rings. The number of hydrogen-bond acceptors (Lipinski definition) is 2. The highest BCUT2D eigenvalue weighted by Gasteiger charge is 2.26. The van der Waals surface area contributed by atoms with Crippen LogP contribution >= 0.6 is 24.0 Å². The van der Waals surface area contributed by atoms with Gasteiger partial charge in [-0.05, 0) is 43.8 Å². The standard InChI is InChI=1S/C20H32N4.HI/c1-3-23-12-7-8-17(15-23)14-22-20(21-2)24-13-11-19(16-24)18-9-5-4-6-10-18;/h4-6,9-10,17,19H,3,7-8,11-16H2,1-2H3,(H,21,22);1H. The normalized spacial score (nSPS) is 24.9. The maximum atomic E-state index is 4.54. The second kappa shape index (κ2) is 10.4. The fraction of sp³-hybridized carbons (Fsp3) is 0.650. The van der Waals surface area contributed by atoms with Crippen molar-refractivity contribution < 1.29 is 0 Å². The van der Waals surface area contributed by atoms with Gasteiger partial charge in [0, 0.05) is 39.1 Å². The summed E-state index contributed by atoms with van der Waals surface area (Å²) in [6.07, 6.45) is 3.89. The molecule has 1 N–H and O–H groups in total. The number of rotatable bonds is 4. The van der Waals surface area contributed by atoms with Gasteiger partial charge in [-0.15, -0.1) is 24.0 Å². The lowest BCUT2D eigenvalue weighted by Crippen LogP contribution is -2.45. The van der Waals surface area contributed by atoms with E-state index in [4.69, 9.17) is 0 Å². The first-order valence-corrected chi connectivity index (χ1v) is 9.53. The number of likely N-dealkylation sites (tertiary alicyclic amines) is 2. The molecule has 2 saturated heterocycles. The van der Waals surface area contributed by atoms with Crippen molar-refractivity contribution in [3.8, 4) is 0 Å². The minimum absolute atomic E-state index is 0. The van der Waals surface area contributed by atoms with E-state index in [9.17, 15) is 0 Å². The van der Waals surface area contributed by atoms with E-state index in [1.165, 1.54) is 44.5 Å². The molecule has 0 spiro atoms. The van der Waals surface area contributed by atoms with Gasteiger partial charge >= 0.3 is 0 Å². The quantitative estimate of drug-likeness (QED) is 0.428. The van der Waals surface area contributed by atoms with E-state index in [0.29, 0.717) is 5.92 Å². The van der Waals surface area contributed by atoms with Gasteiger partial charge in [-0.1, -0.05) is 37.3 Å². The number of aliphatic imine (C=N–C) groups is 1. The molecule has 0 radical (unpaired) electrons. The van der Waals surface area contributed by atoms with E-state index in [-0.39, 0.29) is 24.0 Å². The molecule has 2 fully saturated rings. The monoisotopic (exact) mass is 456 g/mol. The van der Waals surface area contributed by atoms with Crippen LogP contribution in [0.25, 0.3) is 0 Å². The van der Waals surface area contributed by atoms with Gasteiger partial charge in [-0.2, -0.15) is 0 Å². The third-order valence-electron chi connectivity index (χ3n) is 5.57. The number of benzene rings is 1. The second-order valence-corrected chi connectivity index (χ2v) is 7.17. The van der Waals surface area contributed by atoms with Gasteiger partial charge in [0.2, 0.25) is 0 Å². The maximum absolute atomic E-state index is 4.54. The summed E-state index contributed by atoms with van der Waals surface area (Å²) in [6, 6.07) is 10.9. The molecule has 2 atom stereocenters. The Kier molecular flexibility index (Phi) is 8.49. The van der Waals surface area contributed by atoms with Crippen molar-refractivity contribution in [1.82, 2.24) is 15.1 Å². The molecule has 2 aliphatic heterocycles. The van der Waals surface area contributed by atoms with Gasteiger partial charge in [-0.3, -0.25) is 4.99 Å². The summed E-state index contributed by atoms with van der Waals surface area (Å²) in [5, 5.41) is 3.65. The third kappa shape index (κ3) is 5.58. The van der Waals surface area contributed by atoms with Crippen LogP contribution in [0.5, 0.6) is 0 Å². The first-order chi connectivity index (χ1) is 11.8. The van der Waals surface area contributed by atoms with E-state index in [1.807, 2.05) is 7.05 Å². The van der Waals surface area contributed by atoms with Crippen molar-refractivity contribution in [2.75, 3.05) is 46.3 Å². The first-order valence-electron chi connectivity index (χ1n) is 9.53. The second-order valence-electron chi connectivity index (χ2n) is 7.17. The number of hydrogen-bond donors (Lipinski definition) is 1. The van der Waals surface area contributed by atoms with Gasteiger partial charge in [0.25, 0.3) is 0 Å². The van der Waals surface area contributed by atoms with Crippen molar-refractivity contribution in [3.63, 3.8) is 0 Å². The molecule has 0 aromatic heterocycles. The van der Waals surface area contributed by atoms with Crippen LogP contribution in [0.1, 0.15) is 37.7 Å². The summed E-state index contributed by atoms with van der Waals surface area (Å²) >= 11 is 0. The fourth-order valence-corrected chi connectivity index (χ4v) is 4.12. The Morgan fingerprint density at radius 3 is 2.68 bits per heavy atom. The van der Waals surface area contributed by atoms with Gasteiger partial charge in [0.1, 0.15) is 0 Å². The number of nitrogens with one attached hydrogen (secondary N) is 1. The minimum Gasteiger partial charge on any atom is -0.356 e. The van der Waals surface area contributed by atoms with E-state index < -0.39 is 0 Å². The van der Waals surface area contributed by atoms with Gasteiger partial charge in [-0.25, -0.2) is 0 Å². The van der Waals surface area contributed by atoms with Crippen LogP contribution in [0.15, 0.2) is 35.3 Å². The zero-order valence-corrected chi connectivity index (χ0v) is 18.0. The molecule has 4 nitrogen and oxygen atoms in total. The van der Waals surface area contributed by atoms with Crippen molar-refractivity contribution in [2.45, 2.75) is 32.1 Å². The van der Waals surface area contributed by atoms with E-state index in [2.05, 4.69) is 57.4 Å². The Morgan fingerprint density at radius 1 is 1.16 bits per heavy atom. The van der Waals surface area contributed by atoms with E-state index in [0.717, 1.165) is 31.5 Å². The molecule has 140 valence electrons. The predicted molar refractivity (Wildman–Crippen MR) is 117 cm³/mol. The van der Waals surface area contributed by atoms with Crippen molar-refractivity contribution in [3.05, 3.63) is 35.9 Å². The zero-order valence-electron chi connectivity index (χ0n) is 15.7. The Balaban J connectivity index is 0.00000225. The Bertz CT molecular complexity index is 534. The van der Waals surface area contributed by atoms with Gasteiger partial charge in [0.15, 0.2) is 5.96 Å². The summed E-state index contributed by atoms with van der Waals surface area (Å²) in [7, 11) is 1.91. The molecule has 0 saturated carbocycles. The smallest absolute Gasteiger partial charge is 0.193 e. The fourth-order valence-electron chi connectivity index (χ4n) is 4.12. The predicted octanol–water partition coefficient (Wildman–Crippen LogP) is 3.40. The zero-order chi connectivity index (χ0) is 16.8. The van der Waals surface area contributed by atoms with Crippen LogP contribution in [0.2, 0.25) is 0 Å². The molecule has 0 amide bonds. The molecule has 1 aromatic carbocycles. The van der Waals surface area contributed by atoms with Crippen molar-refractivity contribution in [1.29, 1.82) is 0 Å². The molecule has 2 unspecified atom stereocenters. The first kappa shape index (κ1) is 20.5. The van der Waals surface area contributed by atoms with Crippen LogP contribution in [0.3, 0.4) is 0 Å². The number of piperidine rings is 1. The van der Waals surface area contributed by atoms with E-state index in [1.54, 1.807) is 0 Å². The van der Waals surface area contributed by atoms with E-state index >= 15 is 0 Å². The summed E-state index contributed by atoms with van der Waals surface area (Å²) in [5.74, 6) is 2.47. The summed E-state index contributed by atoms with van der Waals surface area (Å²) in [5.41, 5.74) is 1.46. The number of halogens is 1. The molecule has 5 heteroatoms.